The van der Waals surface area contributed by atoms with Crippen molar-refractivity contribution in [1.29, 1.82) is 0 Å². The number of allylic oxidation sites excluding steroid dienone is 1. The van der Waals surface area contributed by atoms with Gasteiger partial charge in [-0.3, -0.25) is 4.79 Å². The van der Waals surface area contributed by atoms with Crippen LogP contribution in [0.25, 0.3) is 0 Å². The third-order valence-corrected chi connectivity index (χ3v) is 8.51. The Morgan fingerprint density at radius 2 is 1.95 bits per heavy atom. The predicted molar refractivity (Wildman–Crippen MR) is 86.6 cm³/mol. The second-order valence-electron chi connectivity index (χ2n) is 8.29. The van der Waals surface area contributed by atoms with Crippen LogP contribution in [0.15, 0.2) is 11.6 Å². The summed E-state index contributed by atoms with van der Waals surface area (Å²) in [6.07, 6.45) is 4.75. The number of hydrogen-bond donors (Lipinski definition) is 0. The predicted octanol–water partition coefficient (Wildman–Crippen LogP) is 2.96. The van der Waals surface area contributed by atoms with Gasteiger partial charge in [0, 0.05) is 5.41 Å². The van der Waals surface area contributed by atoms with Crippen LogP contribution in [-0.2, 0) is 14.8 Å². The van der Waals surface area contributed by atoms with Gasteiger partial charge >= 0.3 is 0 Å². The summed E-state index contributed by atoms with van der Waals surface area (Å²) in [5.74, 6) is 0.0761. The molecule has 1 spiro atoms. The molecule has 0 radical (unpaired) electrons. The van der Waals surface area contributed by atoms with Crippen LogP contribution in [0, 0.1) is 22.7 Å². The standard InChI is InChI=1S/C17H27NO3S/c1-11(2)8-12(3)15(19)18-14-9-13-6-7-17(14,16(13,4)5)10-22(18,20)21/h8,12-14H,6-7,9-10H2,1-5H3/t12-,13-,14?,17-/m1/s1. The molecule has 1 amide bonds. The highest BCUT2D eigenvalue weighted by Gasteiger charge is 2.72. The lowest BCUT2D eigenvalue weighted by Gasteiger charge is -2.37. The van der Waals surface area contributed by atoms with E-state index in [2.05, 4.69) is 13.8 Å². The van der Waals surface area contributed by atoms with E-state index in [1.54, 1.807) is 6.92 Å². The molecule has 0 aromatic rings. The van der Waals surface area contributed by atoms with Gasteiger partial charge in [-0.25, -0.2) is 12.7 Å². The van der Waals surface area contributed by atoms with Crippen molar-refractivity contribution in [3.8, 4) is 0 Å². The van der Waals surface area contributed by atoms with Crippen molar-refractivity contribution >= 4 is 15.9 Å². The van der Waals surface area contributed by atoms with Gasteiger partial charge in [-0.2, -0.15) is 0 Å². The first-order valence-corrected chi connectivity index (χ1v) is 9.85. The van der Waals surface area contributed by atoms with E-state index in [0.29, 0.717) is 5.92 Å². The summed E-state index contributed by atoms with van der Waals surface area (Å²) in [5, 5.41) is 0. The van der Waals surface area contributed by atoms with Gasteiger partial charge in [0.05, 0.1) is 17.7 Å². The first kappa shape index (κ1) is 16.0. The number of amides is 1. The van der Waals surface area contributed by atoms with Gasteiger partial charge in [-0.05, 0) is 44.4 Å². The summed E-state index contributed by atoms with van der Waals surface area (Å²) in [6, 6.07) is -0.119. The van der Waals surface area contributed by atoms with Gasteiger partial charge in [0.2, 0.25) is 15.9 Å². The number of sulfonamides is 1. The summed E-state index contributed by atoms with van der Waals surface area (Å²) in [6.45, 7) is 10.1. The number of fused-ring (bicyclic) bond motifs is 1. The zero-order valence-corrected chi connectivity index (χ0v) is 15.0. The molecule has 4 atom stereocenters. The molecule has 3 aliphatic rings. The maximum absolute atomic E-state index is 12.8. The fraction of sp³-hybridized carbons (Fsp3) is 0.824. The maximum atomic E-state index is 12.8. The van der Waals surface area contributed by atoms with Crippen LogP contribution >= 0.6 is 0 Å². The van der Waals surface area contributed by atoms with Gasteiger partial charge in [0.15, 0.2) is 0 Å². The quantitative estimate of drug-likeness (QED) is 0.734. The van der Waals surface area contributed by atoms with E-state index in [0.717, 1.165) is 24.8 Å². The first-order chi connectivity index (χ1) is 10.0. The van der Waals surface area contributed by atoms with Crippen LogP contribution in [0.2, 0.25) is 0 Å². The highest BCUT2D eigenvalue weighted by atomic mass is 32.2. The maximum Gasteiger partial charge on any atom is 0.242 e. The second-order valence-corrected chi connectivity index (χ2v) is 10.1. The Kier molecular flexibility index (Phi) is 3.34. The number of nitrogens with zero attached hydrogens (tertiary/aromatic N) is 1. The van der Waals surface area contributed by atoms with Crippen LogP contribution in [0.3, 0.4) is 0 Å². The summed E-state index contributed by atoms with van der Waals surface area (Å²) < 4.78 is 26.8. The van der Waals surface area contributed by atoms with E-state index < -0.39 is 10.0 Å². The van der Waals surface area contributed by atoms with Gasteiger partial charge in [-0.15, -0.1) is 0 Å². The molecule has 124 valence electrons. The van der Waals surface area contributed by atoms with Crippen LogP contribution in [0.5, 0.6) is 0 Å². The minimum atomic E-state index is -3.49. The molecule has 0 aromatic heterocycles. The van der Waals surface area contributed by atoms with Gasteiger partial charge < -0.3 is 0 Å². The smallest absolute Gasteiger partial charge is 0.242 e. The lowest BCUT2D eigenvalue weighted by molar-refractivity contribution is -0.131. The average Bonchev–Trinajstić information content (AvgIpc) is 2.83. The third-order valence-electron chi connectivity index (χ3n) is 6.60. The van der Waals surface area contributed by atoms with Gasteiger partial charge in [-0.1, -0.05) is 32.4 Å². The van der Waals surface area contributed by atoms with Gasteiger partial charge in [0.1, 0.15) is 0 Å². The van der Waals surface area contributed by atoms with Crippen LogP contribution in [-0.4, -0.2) is 30.4 Å². The summed E-state index contributed by atoms with van der Waals surface area (Å²) in [7, 11) is -3.49. The Morgan fingerprint density at radius 1 is 1.32 bits per heavy atom. The van der Waals surface area contributed by atoms with E-state index >= 15 is 0 Å². The lowest BCUT2D eigenvalue weighted by Crippen LogP contribution is -2.45. The van der Waals surface area contributed by atoms with E-state index in [4.69, 9.17) is 0 Å². The highest BCUT2D eigenvalue weighted by Crippen LogP contribution is 2.70. The van der Waals surface area contributed by atoms with Crippen molar-refractivity contribution in [2.24, 2.45) is 22.7 Å². The van der Waals surface area contributed by atoms with E-state index in [1.807, 2.05) is 19.9 Å². The van der Waals surface area contributed by atoms with E-state index in [9.17, 15) is 13.2 Å². The first-order valence-electron chi connectivity index (χ1n) is 8.24. The molecule has 0 N–H and O–H groups in total. The fourth-order valence-electron chi connectivity index (χ4n) is 5.35. The molecule has 2 aliphatic carbocycles. The van der Waals surface area contributed by atoms with Crippen LogP contribution in [0.4, 0.5) is 0 Å². The molecule has 2 bridgehead atoms. The molecule has 4 nitrogen and oxygen atoms in total. The summed E-state index contributed by atoms with van der Waals surface area (Å²) in [4.78, 5) is 12.8. The third kappa shape index (κ3) is 1.87. The molecule has 1 saturated heterocycles. The Hall–Kier alpha value is -0.840. The Labute approximate surface area is 134 Å². The molecule has 5 heteroatoms. The minimum Gasteiger partial charge on any atom is -0.273 e. The van der Waals surface area contributed by atoms with Crippen LogP contribution < -0.4 is 0 Å². The Balaban J connectivity index is 2.00. The highest BCUT2D eigenvalue weighted by molar-refractivity contribution is 7.90. The number of carbonyl (C=O) groups excluding carboxylic acids is 1. The van der Waals surface area contributed by atoms with Gasteiger partial charge in [0.25, 0.3) is 0 Å². The Bertz CT molecular complexity index is 645. The largest absolute Gasteiger partial charge is 0.273 e. The van der Waals surface area contributed by atoms with Crippen molar-refractivity contribution in [1.82, 2.24) is 4.31 Å². The number of rotatable bonds is 2. The molecule has 1 aliphatic heterocycles. The molecule has 0 aromatic carbocycles. The zero-order valence-electron chi connectivity index (χ0n) is 14.2. The monoisotopic (exact) mass is 325 g/mol. The molecular formula is C17H27NO3S. The van der Waals surface area contributed by atoms with E-state index in [1.165, 1.54) is 4.31 Å². The van der Waals surface area contributed by atoms with Crippen molar-refractivity contribution in [2.45, 2.75) is 59.9 Å². The molecular weight excluding hydrogens is 298 g/mol. The molecule has 1 unspecified atom stereocenters. The molecule has 3 rings (SSSR count). The average molecular weight is 325 g/mol. The van der Waals surface area contributed by atoms with Crippen molar-refractivity contribution in [2.75, 3.05) is 5.75 Å². The SMILES string of the molecule is CC(C)=C[C@@H](C)C(=O)N1C2C[C@H]3CC[C@]2(CS1(=O)=O)C3(C)C. The summed E-state index contributed by atoms with van der Waals surface area (Å²) >= 11 is 0. The molecule has 22 heavy (non-hydrogen) atoms. The molecule has 3 fully saturated rings. The van der Waals surface area contributed by atoms with E-state index in [-0.39, 0.29) is 34.4 Å². The minimum absolute atomic E-state index is 0.0134. The van der Waals surface area contributed by atoms with Crippen molar-refractivity contribution < 1.29 is 13.2 Å². The lowest BCUT2D eigenvalue weighted by atomic mass is 9.69. The molecule has 2 saturated carbocycles. The van der Waals surface area contributed by atoms with Crippen LogP contribution in [0.1, 0.15) is 53.9 Å². The molecule has 1 heterocycles. The van der Waals surface area contributed by atoms with Crippen molar-refractivity contribution in [3.63, 3.8) is 0 Å². The number of carbonyl (C=O) groups is 1. The number of hydrogen-bond acceptors (Lipinski definition) is 3. The Morgan fingerprint density at radius 3 is 2.50 bits per heavy atom. The summed E-state index contributed by atoms with van der Waals surface area (Å²) in [5.41, 5.74) is 0.830. The van der Waals surface area contributed by atoms with Crippen molar-refractivity contribution in [3.05, 3.63) is 11.6 Å². The topological polar surface area (TPSA) is 54.5 Å². The fourth-order valence-corrected chi connectivity index (χ4v) is 7.97. The second kappa shape index (κ2) is 4.59. The normalized spacial score (nSPS) is 38.7. The zero-order chi connectivity index (χ0) is 16.5.